The van der Waals surface area contributed by atoms with Crippen LogP contribution in [-0.2, 0) is 4.79 Å². The fourth-order valence-electron chi connectivity index (χ4n) is 1.79. The second-order valence-electron chi connectivity index (χ2n) is 4.50. The number of anilines is 1. The zero-order valence-electron chi connectivity index (χ0n) is 12.1. The summed E-state index contributed by atoms with van der Waals surface area (Å²) >= 11 is 1.59. The molecule has 1 amide bonds. The Bertz CT molecular complexity index is 545. The first-order valence-electron chi connectivity index (χ1n) is 6.84. The van der Waals surface area contributed by atoms with Gasteiger partial charge in [0.05, 0.1) is 12.4 Å². The number of thioether (sulfide) groups is 1. The molecule has 0 spiro atoms. The number of amides is 1. The Kier molecular flexibility index (Phi) is 6.16. The van der Waals surface area contributed by atoms with Gasteiger partial charge < -0.3 is 9.64 Å². The van der Waals surface area contributed by atoms with Crippen molar-refractivity contribution in [2.45, 2.75) is 0 Å². The smallest absolute Gasteiger partial charge is 0.236 e. The molecule has 21 heavy (non-hydrogen) atoms. The first-order valence-corrected chi connectivity index (χ1v) is 8.00. The molecular formula is C17H19NO2S. The minimum absolute atomic E-state index is 0.103. The van der Waals surface area contributed by atoms with E-state index in [4.69, 9.17) is 4.74 Å². The van der Waals surface area contributed by atoms with Crippen LogP contribution in [0, 0.1) is 0 Å². The fraction of sp³-hybridized carbons (Fsp3) is 0.235. The summed E-state index contributed by atoms with van der Waals surface area (Å²) in [5.74, 6) is 2.23. The molecule has 0 heterocycles. The van der Waals surface area contributed by atoms with Gasteiger partial charge in [-0.2, -0.15) is 0 Å². The predicted molar refractivity (Wildman–Crippen MR) is 89.1 cm³/mol. The van der Waals surface area contributed by atoms with Crippen LogP contribution in [0.25, 0.3) is 0 Å². The molecule has 2 rings (SSSR count). The highest BCUT2D eigenvalue weighted by molar-refractivity contribution is 7.99. The number of rotatable bonds is 7. The summed E-state index contributed by atoms with van der Waals surface area (Å²) in [7, 11) is 1.80. The number of para-hydroxylation sites is 2. The van der Waals surface area contributed by atoms with Gasteiger partial charge in [0, 0.05) is 18.5 Å². The molecule has 0 aromatic heterocycles. The maximum absolute atomic E-state index is 12.0. The number of carbonyl (C=O) groups is 1. The van der Waals surface area contributed by atoms with Crippen LogP contribution in [0.4, 0.5) is 5.69 Å². The van der Waals surface area contributed by atoms with E-state index in [1.807, 2.05) is 60.7 Å². The summed E-state index contributed by atoms with van der Waals surface area (Å²) in [6.07, 6.45) is 0. The molecule has 0 saturated carbocycles. The molecule has 0 N–H and O–H groups in total. The molecule has 0 atom stereocenters. The summed E-state index contributed by atoms with van der Waals surface area (Å²) in [4.78, 5) is 13.7. The van der Waals surface area contributed by atoms with E-state index in [0.29, 0.717) is 12.4 Å². The molecule has 0 bridgehead atoms. The minimum atomic E-state index is 0.103. The molecule has 0 fully saturated rings. The Morgan fingerprint density at radius 2 is 1.67 bits per heavy atom. The summed E-state index contributed by atoms with van der Waals surface area (Å²) < 4.78 is 5.59. The molecule has 0 aliphatic rings. The molecule has 2 aromatic carbocycles. The van der Waals surface area contributed by atoms with E-state index >= 15 is 0 Å². The number of ether oxygens (including phenoxy) is 1. The van der Waals surface area contributed by atoms with Gasteiger partial charge in [0.25, 0.3) is 0 Å². The van der Waals surface area contributed by atoms with Crippen LogP contribution < -0.4 is 9.64 Å². The predicted octanol–water partition coefficient (Wildman–Crippen LogP) is 3.46. The molecule has 0 radical (unpaired) electrons. The van der Waals surface area contributed by atoms with Gasteiger partial charge in [-0.3, -0.25) is 4.79 Å². The van der Waals surface area contributed by atoms with Crippen LogP contribution in [0.5, 0.6) is 5.75 Å². The van der Waals surface area contributed by atoms with E-state index in [9.17, 15) is 4.79 Å². The van der Waals surface area contributed by atoms with Gasteiger partial charge in [0.15, 0.2) is 0 Å². The fourth-order valence-corrected chi connectivity index (χ4v) is 2.50. The second-order valence-corrected chi connectivity index (χ2v) is 5.61. The third-order valence-electron chi connectivity index (χ3n) is 2.98. The van der Waals surface area contributed by atoms with Crippen molar-refractivity contribution >= 4 is 23.4 Å². The quantitative estimate of drug-likeness (QED) is 0.734. The highest BCUT2D eigenvalue weighted by Gasteiger charge is 2.10. The van der Waals surface area contributed by atoms with Crippen LogP contribution in [0.15, 0.2) is 60.7 Å². The first-order chi connectivity index (χ1) is 10.3. The van der Waals surface area contributed by atoms with Gasteiger partial charge in [0.1, 0.15) is 5.75 Å². The highest BCUT2D eigenvalue weighted by Crippen LogP contribution is 2.13. The summed E-state index contributed by atoms with van der Waals surface area (Å²) in [6, 6.07) is 19.4. The molecule has 0 aliphatic carbocycles. The van der Waals surface area contributed by atoms with Crippen molar-refractivity contribution in [1.82, 2.24) is 0 Å². The second kappa shape index (κ2) is 8.37. The van der Waals surface area contributed by atoms with Crippen LogP contribution in [-0.4, -0.2) is 31.1 Å². The van der Waals surface area contributed by atoms with Crippen molar-refractivity contribution < 1.29 is 9.53 Å². The van der Waals surface area contributed by atoms with Gasteiger partial charge in [-0.15, -0.1) is 11.8 Å². The number of nitrogens with zero attached hydrogens (tertiary/aromatic N) is 1. The van der Waals surface area contributed by atoms with E-state index < -0.39 is 0 Å². The number of hydrogen-bond acceptors (Lipinski definition) is 3. The summed E-state index contributed by atoms with van der Waals surface area (Å²) in [6.45, 7) is 0.608. The van der Waals surface area contributed by atoms with Crippen molar-refractivity contribution in [1.29, 1.82) is 0 Å². The topological polar surface area (TPSA) is 29.5 Å². The first kappa shape index (κ1) is 15.4. The minimum Gasteiger partial charge on any atom is -0.493 e. The third-order valence-corrected chi connectivity index (χ3v) is 3.89. The zero-order chi connectivity index (χ0) is 14.9. The van der Waals surface area contributed by atoms with E-state index in [1.165, 1.54) is 0 Å². The molecule has 0 unspecified atom stereocenters. The number of hydrogen-bond donors (Lipinski definition) is 0. The molecule has 110 valence electrons. The molecule has 0 aliphatic heterocycles. The Morgan fingerprint density at radius 1 is 1.05 bits per heavy atom. The lowest BCUT2D eigenvalue weighted by atomic mass is 10.3. The maximum atomic E-state index is 12.0. The normalized spacial score (nSPS) is 10.1. The Morgan fingerprint density at radius 3 is 2.33 bits per heavy atom. The van der Waals surface area contributed by atoms with Crippen molar-refractivity contribution in [2.24, 2.45) is 0 Å². The largest absolute Gasteiger partial charge is 0.493 e. The lowest BCUT2D eigenvalue weighted by molar-refractivity contribution is -0.115. The standard InChI is InChI=1S/C17H19NO2S/c1-18(15-8-4-2-5-9-15)17(19)14-21-13-12-20-16-10-6-3-7-11-16/h2-11H,12-14H2,1H3. The number of benzene rings is 2. The highest BCUT2D eigenvalue weighted by atomic mass is 32.2. The average molecular weight is 301 g/mol. The Labute approximate surface area is 129 Å². The molecular weight excluding hydrogens is 282 g/mol. The number of carbonyl (C=O) groups excluding carboxylic acids is 1. The van der Waals surface area contributed by atoms with Crippen LogP contribution in [0.3, 0.4) is 0 Å². The maximum Gasteiger partial charge on any atom is 0.236 e. The summed E-state index contributed by atoms with van der Waals surface area (Å²) in [5.41, 5.74) is 0.920. The SMILES string of the molecule is CN(C(=O)CSCCOc1ccccc1)c1ccccc1. The monoisotopic (exact) mass is 301 g/mol. The molecule has 2 aromatic rings. The van der Waals surface area contributed by atoms with Gasteiger partial charge >= 0.3 is 0 Å². The van der Waals surface area contributed by atoms with Crippen LogP contribution in [0.1, 0.15) is 0 Å². The van der Waals surface area contributed by atoms with E-state index in [-0.39, 0.29) is 5.91 Å². The van der Waals surface area contributed by atoms with Crippen LogP contribution >= 0.6 is 11.8 Å². The third kappa shape index (κ3) is 5.16. The van der Waals surface area contributed by atoms with Gasteiger partial charge in [-0.05, 0) is 24.3 Å². The van der Waals surface area contributed by atoms with Crippen molar-refractivity contribution in [2.75, 3.05) is 30.1 Å². The van der Waals surface area contributed by atoms with Crippen LogP contribution in [0.2, 0.25) is 0 Å². The summed E-state index contributed by atoms with van der Waals surface area (Å²) in [5, 5.41) is 0. The molecule has 3 nitrogen and oxygen atoms in total. The molecule has 4 heteroatoms. The van der Waals surface area contributed by atoms with Crippen molar-refractivity contribution in [3.05, 3.63) is 60.7 Å². The van der Waals surface area contributed by atoms with E-state index in [2.05, 4.69) is 0 Å². The Hall–Kier alpha value is -1.94. The van der Waals surface area contributed by atoms with Gasteiger partial charge in [-0.25, -0.2) is 0 Å². The van der Waals surface area contributed by atoms with E-state index in [1.54, 1.807) is 23.7 Å². The lowest BCUT2D eigenvalue weighted by Crippen LogP contribution is -2.28. The zero-order valence-corrected chi connectivity index (χ0v) is 12.9. The van der Waals surface area contributed by atoms with Crippen molar-refractivity contribution in [3.8, 4) is 5.75 Å². The van der Waals surface area contributed by atoms with Crippen molar-refractivity contribution in [3.63, 3.8) is 0 Å². The lowest BCUT2D eigenvalue weighted by Gasteiger charge is -2.16. The van der Waals surface area contributed by atoms with Gasteiger partial charge in [0.2, 0.25) is 5.91 Å². The van der Waals surface area contributed by atoms with E-state index in [0.717, 1.165) is 17.2 Å². The average Bonchev–Trinajstić information content (AvgIpc) is 2.55. The molecule has 0 saturated heterocycles. The van der Waals surface area contributed by atoms with Gasteiger partial charge in [-0.1, -0.05) is 36.4 Å². The Balaban J connectivity index is 1.65.